The molecule has 3 atom stereocenters. The number of rotatable bonds is 2. The number of likely N-dealkylation sites (tertiary alicyclic amines) is 1. The number of phenolic OH excluding ortho intramolecular Hbond substituents is 1. The zero-order chi connectivity index (χ0) is 13.4. The van der Waals surface area contributed by atoms with Crippen molar-refractivity contribution in [2.24, 2.45) is 5.92 Å². The number of piperidine rings is 1. The summed E-state index contributed by atoms with van der Waals surface area (Å²) in [6.45, 7) is 7.14. The number of nitrogens with zero attached hydrogens (tertiary/aromatic N) is 1. The standard InChI is InChI=1S/C17H25NO/c1-3-8-18-9-4-5-15-12(2)16-11-14(19)7-6-13(16)10-17(15)18/h6-7,11-12,15,17,19H,3-5,8-10H2,1-2H3. The first-order chi connectivity index (χ1) is 9.20. The maximum absolute atomic E-state index is 9.73. The van der Waals surface area contributed by atoms with E-state index in [0.717, 1.165) is 12.0 Å². The molecule has 2 nitrogen and oxygen atoms in total. The van der Waals surface area contributed by atoms with E-state index in [1.807, 2.05) is 12.1 Å². The Morgan fingerprint density at radius 2 is 2.21 bits per heavy atom. The zero-order valence-corrected chi connectivity index (χ0v) is 12.1. The fourth-order valence-electron chi connectivity index (χ4n) is 4.24. The van der Waals surface area contributed by atoms with E-state index in [9.17, 15) is 5.11 Å². The van der Waals surface area contributed by atoms with Gasteiger partial charge in [0, 0.05) is 6.04 Å². The van der Waals surface area contributed by atoms with Crippen LogP contribution in [0.15, 0.2) is 18.2 Å². The molecule has 2 heteroatoms. The van der Waals surface area contributed by atoms with Gasteiger partial charge >= 0.3 is 0 Å². The minimum Gasteiger partial charge on any atom is -0.508 e. The minimum absolute atomic E-state index is 0.422. The molecule has 3 rings (SSSR count). The van der Waals surface area contributed by atoms with Crippen LogP contribution in [-0.2, 0) is 6.42 Å². The molecule has 0 spiro atoms. The highest BCUT2D eigenvalue weighted by Crippen LogP contribution is 2.43. The van der Waals surface area contributed by atoms with Crippen LogP contribution in [0.3, 0.4) is 0 Å². The van der Waals surface area contributed by atoms with E-state index in [2.05, 4.69) is 24.8 Å². The number of hydrogen-bond donors (Lipinski definition) is 1. The number of benzene rings is 1. The first kappa shape index (κ1) is 13.0. The van der Waals surface area contributed by atoms with Gasteiger partial charge in [-0.15, -0.1) is 0 Å². The van der Waals surface area contributed by atoms with Crippen molar-refractivity contribution in [3.05, 3.63) is 29.3 Å². The molecule has 19 heavy (non-hydrogen) atoms. The highest BCUT2D eigenvalue weighted by Gasteiger charge is 2.39. The van der Waals surface area contributed by atoms with Gasteiger partial charge in [-0.1, -0.05) is 19.9 Å². The summed E-state index contributed by atoms with van der Waals surface area (Å²) in [5.41, 5.74) is 2.84. The first-order valence-corrected chi connectivity index (χ1v) is 7.76. The Balaban J connectivity index is 1.93. The molecular formula is C17H25NO. The predicted molar refractivity (Wildman–Crippen MR) is 78.6 cm³/mol. The molecule has 1 aliphatic heterocycles. The third kappa shape index (κ3) is 2.27. The Morgan fingerprint density at radius 1 is 1.37 bits per heavy atom. The number of hydrogen-bond acceptors (Lipinski definition) is 2. The van der Waals surface area contributed by atoms with Gasteiger partial charge in [-0.25, -0.2) is 0 Å². The molecule has 1 aromatic carbocycles. The van der Waals surface area contributed by atoms with Gasteiger partial charge in [0.15, 0.2) is 0 Å². The van der Waals surface area contributed by atoms with Crippen LogP contribution in [0.4, 0.5) is 0 Å². The lowest BCUT2D eigenvalue weighted by molar-refractivity contribution is 0.0722. The summed E-state index contributed by atoms with van der Waals surface area (Å²) in [5.74, 6) is 1.78. The molecule has 0 saturated carbocycles. The van der Waals surface area contributed by atoms with Crippen molar-refractivity contribution in [2.75, 3.05) is 13.1 Å². The van der Waals surface area contributed by atoms with Gasteiger partial charge in [0.25, 0.3) is 0 Å². The number of phenols is 1. The SMILES string of the molecule is CCCN1CCCC2C(C)c3cc(O)ccc3CC21. The molecule has 0 bridgehead atoms. The summed E-state index contributed by atoms with van der Waals surface area (Å²) in [5, 5.41) is 9.73. The van der Waals surface area contributed by atoms with Crippen molar-refractivity contribution in [2.45, 2.75) is 51.5 Å². The Kier molecular flexibility index (Phi) is 3.53. The van der Waals surface area contributed by atoms with Gasteiger partial charge in [-0.2, -0.15) is 0 Å². The average Bonchev–Trinajstić information content (AvgIpc) is 2.41. The molecule has 1 aromatic rings. The van der Waals surface area contributed by atoms with Crippen LogP contribution < -0.4 is 0 Å². The maximum Gasteiger partial charge on any atom is 0.115 e. The Morgan fingerprint density at radius 3 is 3.00 bits per heavy atom. The lowest BCUT2D eigenvalue weighted by atomic mass is 9.69. The summed E-state index contributed by atoms with van der Waals surface area (Å²) in [6.07, 6.45) is 5.10. The molecule has 0 aromatic heterocycles. The Hall–Kier alpha value is -1.02. The van der Waals surface area contributed by atoms with Crippen LogP contribution in [0, 0.1) is 5.92 Å². The Labute approximate surface area is 116 Å². The van der Waals surface area contributed by atoms with Gasteiger partial charge in [-0.05, 0) is 73.9 Å². The van der Waals surface area contributed by atoms with E-state index in [1.54, 1.807) is 0 Å². The molecule has 1 aliphatic carbocycles. The first-order valence-electron chi connectivity index (χ1n) is 7.76. The lowest BCUT2D eigenvalue weighted by Crippen LogP contribution is -2.50. The molecular weight excluding hydrogens is 234 g/mol. The van der Waals surface area contributed by atoms with E-state index >= 15 is 0 Å². The van der Waals surface area contributed by atoms with Gasteiger partial charge < -0.3 is 5.11 Å². The van der Waals surface area contributed by atoms with Crippen LogP contribution in [-0.4, -0.2) is 29.1 Å². The molecule has 1 N–H and O–H groups in total. The molecule has 0 radical (unpaired) electrons. The van der Waals surface area contributed by atoms with Gasteiger partial charge in [0.2, 0.25) is 0 Å². The van der Waals surface area contributed by atoms with Crippen molar-refractivity contribution >= 4 is 0 Å². The van der Waals surface area contributed by atoms with E-state index < -0.39 is 0 Å². The quantitative estimate of drug-likeness (QED) is 0.878. The molecule has 3 unspecified atom stereocenters. The van der Waals surface area contributed by atoms with E-state index in [1.165, 1.54) is 49.9 Å². The summed E-state index contributed by atoms with van der Waals surface area (Å²) in [6, 6.07) is 6.70. The largest absolute Gasteiger partial charge is 0.508 e. The lowest BCUT2D eigenvalue weighted by Gasteiger charge is -2.47. The monoisotopic (exact) mass is 259 g/mol. The van der Waals surface area contributed by atoms with Crippen molar-refractivity contribution in [1.82, 2.24) is 4.90 Å². The number of fused-ring (bicyclic) bond motifs is 2. The predicted octanol–water partition coefficient (Wildman–Crippen LogP) is 3.54. The molecule has 1 saturated heterocycles. The van der Waals surface area contributed by atoms with E-state index in [0.29, 0.717) is 11.7 Å². The minimum atomic E-state index is 0.422. The van der Waals surface area contributed by atoms with Crippen molar-refractivity contribution in [3.63, 3.8) is 0 Å². The van der Waals surface area contributed by atoms with Crippen LogP contribution in [0.1, 0.15) is 50.2 Å². The second kappa shape index (κ2) is 5.16. The summed E-state index contributed by atoms with van der Waals surface area (Å²) in [7, 11) is 0. The van der Waals surface area contributed by atoms with E-state index in [4.69, 9.17) is 0 Å². The van der Waals surface area contributed by atoms with Gasteiger partial charge in [-0.3, -0.25) is 4.90 Å². The smallest absolute Gasteiger partial charge is 0.115 e. The molecule has 1 heterocycles. The van der Waals surface area contributed by atoms with E-state index in [-0.39, 0.29) is 0 Å². The third-order valence-corrected chi connectivity index (χ3v) is 5.15. The second-order valence-electron chi connectivity index (χ2n) is 6.29. The molecule has 0 amide bonds. The maximum atomic E-state index is 9.73. The summed E-state index contributed by atoms with van der Waals surface area (Å²) >= 11 is 0. The Bertz CT molecular complexity index is 455. The summed E-state index contributed by atoms with van der Waals surface area (Å²) < 4.78 is 0. The highest BCUT2D eigenvalue weighted by atomic mass is 16.3. The van der Waals surface area contributed by atoms with Crippen molar-refractivity contribution in [1.29, 1.82) is 0 Å². The zero-order valence-electron chi connectivity index (χ0n) is 12.1. The van der Waals surface area contributed by atoms with Crippen LogP contribution in [0.2, 0.25) is 0 Å². The van der Waals surface area contributed by atoms with Crippen LogP contribution in [0.25, 0.3) is 0 Å². The topological polar surface area (TPSA) is 23.5 Å². The number of aromatic hydroxyl groups is 1. The van der Waals surface area contributed by atoms with Crippen LogP contribution in [0.5, 0.6) is 5.75 Å². The fraction of sp³-hybridized carbons (Fsp3) is 0.647. The van der Waals surface area contributed by atoms with Gasteiger partial charge in [0.05, 0.1) is 0 Å². The van der Waals surface area contributed by atoms with Crippen LogP contribution >= 0.6 is 0 Å². The van der Waals surface area contributed by atoms with Crippen molar-refractivity contribution in [3.8, 4) is 5.75 Å². The molecule has 2 aliphatic rings. The third-order valence-electron chi connectivity index (χ3n) is 5.15. The van der Waals surface area contributed by atoms with Gasteiger partial charge in [0.1, 0.15) is 5.75 Å². The van der Waals surface area contributed by atoms with Crippen molar-refractivity contribution < 1.29 is 5.11 Å². The molecule has 104 valence electrons. The second-order valence-corrected chi connectivity index (χ2v) is 6.29. The average molecular weight is 259 g/mol. The summed E-state index contributed by atoms with van der Waals surface area (Å²) in [4.78, 5) is 2.71. The highest BCUT2D eigenvalue weighted by molar-refractivity contribution is 5.40. The normalized spacial score (nSPS) is 30.7. The molecule has 1 fully saturated rings. The fourth-order valence-corrected chi connectivity index (χ4v) is 4.24.